The molecule has 162 valence electrons. The van der Waals surface area contributed by atoms with Crippen LogP contribution in [0.15, 0.2) is 12.2 Å². The Morgan fingerprint density at radius 3 is 1.81 bits per heavy atom. The van der Waals surface area contributed by atoms with Crippen molar-refractivity contribution >= 4 is 26.5 Å². The van der Waals surface area contributed by atoms with Crippen molar-refractivity contribution in [2.24, 2.45) is 0 Å². The summed E-state index contributed by atoms with van der Waals surface area (Å²) >= 11 is -2.15. The summed E-state index contributed by atoms with van der Waals surface area (Å²) in [6.45, 7) is 22.1. The van der Waals surface area contributed by atoms with E-state index >= 15 is 0 Å². The van der Waals surface area contributed by atoms with Crippen LogP contribution in [0.2, 0.25) is 43.4 Å². The molecule has 0 saturated heterocycles. The molecule has 0 aliphatic rings. The quantitative estimate of drug-likeness (QED) is 0.0811. The second-order valence-corrected chi connectivity index (χ2v) is 29.3. The van der Waals surface area contributed by atoms with E-state index in [9.17, 15) is 0 Å². The molecule has 0 heterocycles. The third-order valence-corrected chi connectivity index (χ3v) is 23.0. The van der Waals surface area contributed by atoms with Gasteiger partial charge in [0.25, 0.3) is 0 Å². The second kappa shape index (κ2) is 15.5. The van der Waals surface area contributed by atoms with Crippen LogP contribution in [-0.4, -0.2) is 46.0 Å². The molecule has 2 nitrogen and oxygen atoms in total. The zero-order chi connectivity index (χ0) is 20.8. The first kappa shape index (κ1) is 27.7. The van der Waals surface area contributed by atoms with Crippen molar-refractivity contribution in [2.75, 3.05) is 13.4 Å². The van der Waals surface area contributed by atoms with Crippen LogP contribution in [0.3, 0.4) is 0 Å². The molecule has 0 aliphatic heterocycles. The van der Waals surface area contributed by atoms with Gasteiger partial charge in [0.15, 0.2) is 0 Å². The van der Waals surface area contributed by atoms with E-state index in [0.29, 0.717) is 6.79 Å². The van der Waals surface area contributed by atoms with E-state index in [0.717, 1.165) is 6.61 Å². The van der Waals surface area contributed by atoms with E-state index in [2.05, 4.69) is 53.9 Å². The van der Waals surface area contributed by atoms with Crippen molar-refractivity contribution in [3.8, 4) is 0 Å². The third-order valence-electron chi connectivity index (χ3n) is 5.76. The molecule has 0 aromatic carbocycles. The van der Waals surface area contributed by atoms with E-state index in [1.807, 2.05) is 0 Å². The molecule has 0 rings (SSSR count). The molecule has 0 aliphatic carbocycles. The van der Waals surface area contributed by atoms with Gasteiger partial charge in [0.05, 0.1) is 0 Å². The Morgan fingerprint density at radius 2 is 1.41 bits per heavy atom. The molecule has 4 heteroatoms. The van der Waals surface area contributed by atoms with Gasteiger partial charge < -0.3 is 0 Å². The number of ether oxygens (including phenoxy) is 2. The molecule has 0 unspecified atom stereocenters. The van der Waals surface area contributed by atoms with Crippen LogP contribution in [0.1, 0.15) is 66.2 Å². The summed E-state index contributed by atoms with van der Waals surface area (Å²) < 4.78 is 17.7. The maximum atomic E-state index is 6.01. The molecule has 0 amide bonds. The van der Waals surface area contributed by atoms with Gasteiger partial charge in [-0.05, 0) is 0 Å². The van der Waals surface area contributed by atoms with E-state index in [1.165, 1.54) is 54.6 Å². The van der Waals surface area contributed by atoms with Crippen LogP contribution >= 0.6 is 0 Å². The Hall–Kier alpha value is 0.676. The molecule has 0 N–H and O–H groups in total. The molecular formula is C23H50O2SiSn. The summed E-state index contributed by atoms with van der Waals surface area (Å²) in [5.74, 6) is 0. The SMILES string of the molecule is C=C([CH2][Sn]([CH2]CCC)([CH2]CCC)[CH2]CCC)[C@@H](C)OCOCC[Si](C)(C)C. The van der Waals surface area contributed by atoms with Gasteiger partial charge in [0.1, 0.15) is 0 Å². The number of hydrogen-bond donors (Lipinski definition) is 0. The van der Waals surface area contributed by atoms with Crippen molar-refractivity contribution in [3.05, 3.63) is 12.2 Å². The average molecular weight is 505 g/mol. The van der Waals surface area contributed by atoms with Gasteiger partial charge >= 0.3 is 177 Å². The molecular weight excluding hydrogens is 455 g/mol. The molecule has 1 atom stereocenters. The van der Waals surface area contributed by atoms with E-state index < -0.39 is 26.5 Å². The molecule has 0 spiro atoms. The minimum absolute atomic E-state index is 0.137. The normalized spacial score (nSPS) is 13.7. The van der Waals surface area contributed by atoms with Gasteiger partial charge in [0.2, 0.25) is 0 Å². The Morgan fingerprint density at radius 1 is 0.926 bits per heavy atom. The Kier molecular flexibility index (Phi) is 15.9. The standard InChI is InChI=1S/C11H23O2Si.3C4H9.Sn/c1-10(2)11(3)13-9-12-7-8-14(4,5)6;3*1-3-4-2;/h11H,1-2,7-9H2,3-6H3;3*1,3-4H2,2H3;/t11-;;;;/m1..../s1. The van der Waals surface area contributed by atoms with Gasteiger partial charge in [-0.1, -0.05) is 0 Å². The van der Waals surface area contributed by atoms with Crippen LogP contribution in [0.5, 0.6) is 0 Å². The third kappa shape index (κ3) is 14.3. The van der Waals surface area contributed by atoms with Crippen molar-refractivity contribution in [1.82, 2.24) is 0 Å². The number of hydrogen-bond acceptors (Lipinski definition) is 2. The van der Waals surface area contributed by atoms with Crippen LogP contribution in [0.4, 0.5) is 0 Å². The first-order valence-electron chi connectivity index (χ1n) is 11.6. The van der Waals surface area contributed by atoms with Crippen LogP contribution in [-0.2, 0) is 9.47 Å². The molecule has 0 fully saturated rings. The molecule has 0 aromatic rings. The van der Waals surface area contributed by atoms with Crippen molar-refractivity contribution in [2.45, 2.75) is 116 Å². The van der Waals surface area contributed by atoms with E-state index in [1.54, 1.807) is 13.3 Å². The van der Waals surface area contributed by atoms with E-state index in [-0.39, 0.29) is 6.10 Å². The average Bonchev–Trinajstić information content (AvgIpc) is 2.61. The summed E-state index contributed by atoms with van der Waals surface area (Å²) in [4.78, 5) is 0. The van der Waals surface area contributed by atoms with Gasteiger partial charge in [0, 0.05) is 0 Å². The van der Waals surface area contributed by atoms with Crippen LogP contribution in [0.25, 0.3) is 0 Å². The van der Waals surface area contributed by atoms with E-state index in [4.69, 9.17) is 9.47 Å². The number of rotatable bonds is 18. The zero-order valence-corrected chi connectivity index (χ0v) is 23.6. The maximum absolute atomic E-state index is 6.01. The predicted octanol–water partition coefficient (Wildman–Crippen LogP) is 8.11. The van der Waals surface area contributed by atoms with Crippen LogP contribution < -0.4 is 0 Å². The Balaban J connectivity index is 4.63. The van der Waals surface area contributed by atoms with Crippen LogP contribution in [0, 0.1) is 0 Å². The second-order valence-electron chi connectivity index (χ2n) is 9.79. The van der Waals surface area contributed by atoms with Gasteiger partial charge in [-0.15, -0.1) is 0 Å². The fourth-order valence-corrected chi connectivity index (χ4v) is 21.1. The predicted molar refractivity (Wildman–Crippen MR) is 128 cm³/mol. The van der Waals surface area contributed by atoms with Crippen molar-refractivity contribution in [3.63, 3.8) is 0 Å². The minimum atomic E-state index is -2.15. The summed E-state index contributed by atoms with van der Waals surface area (Å²) in [7, 11) is -1.02. The monoisotopic (exact) mass is 506 g/mol. The molecule has 27 heavy (non-hydrogen) atoms. The van der Waals surface area contributed by atoms with Gasteiger partial charge in [-0.25, -0.2) is 0 Å². The summed E-state index contributed by atoms with van der Waals surface area (Å²) in [5.41, 5.74) is 1.35. The topological polar surface area (TPSA) is 18.5 Å². The molecule has 0 aromatic heterocycles. The fourth-order valence-electron chi connectivity index (χ4n) is 3.63. The van der Waals surface area contributed by atoms with Gasteiger partial charge in [-0.3, -0.25) is 0 Å². The van der Waals surface area contributed by atoms with Gasteiger partial charge in [-0.2, -0.15) is 0 Å². The zero-order valence-electron chi connectivity index (χ0n) is 19.8. The molecule has 0 bridgehead atoms. The molecule has 0 saturated carbocycles. The fraction of sp³-hybridized carbons (Fsp3) is 0.913. The van der Waals surface area contributed by atoms with Crippen molar-refractivity contribution < 1.29 is 9.47 Å². The molecule has 0 radical (unpaired) electrons. The first-order valence-corrected chi connectivity index (χ1v) is 23.3. The summed E-state index contributed by atoms with van der Waals surface area (Å²) in [6, 6.07) is 1.20. The summed E-state index contributed by atoms with van der Waals surface area (Å²) in [6.07, 6.45) is 8.41. The Labute approximate surface area is 176 Å². The first-order chi connectivity index (χ1) is 12.7. The number of unbranched alkanes of at least 4 members (excludes halogenated alkanes) is 3. The Bertz CT molecular complexity index is 357. The summed E-state index contributed by atoms with van der Waals surface area (Å²) in [5, 5.41) is 0. The van der Waals surface area contributed by atoms with Crippen molar-refractivity contribution in [1.29, 1.82) is 0 Å².